The molecule has 2 heteroatoms. The van der Waals surface area contributed by atoms with Crippen molar-refractivity contribution in [2.45, 2.75) is 51.4 Å². The van der Waals surface area contributed by atoms with Gasteiger partial charge < -0.3 is 4.90 Å². The first kappa shape index (κ1) is 14.1. The van der Waals surface area contributed by atoms with Crippen LogP contribution < -0.4 is 0 Å². The van der Waals surface area contributed by atoms with Crippen LogP contribution in [0.5, 0.6) is 0 Å². The summed E-state index contributed by atoms with van der Waals surface area (Å²) in [6.45, 7) is 2.15. The summed E-state index contributed by atoms with van der Waals surface area (Å²) in [5.41, 5.74) is 2.58. The van der Waals surface area contributed by atoms with Gasteiger partial charge in [0.2, 0.25) is 0 Å². The minimum Gasteiger partial charge on any atom is -0.366 e. The van der Waals surface area contributed by atoms with E-state index in [1.54, 1.807) is 0 Å². The van der Waals surface area contributed by atoms with E-state index in [2.05, 4.69) is 50.2 Å². The van der Waals surface area contributed by atoms with Crippen molar-refractivity contribution in [1.82, 2.24) is 4.90 Å². The fourth-order valence-electron chi connectivity index (χ4n) is 2.90. The van der Waals surface area contributed by atoms with Gasteiger partial charge in [-0.2, -0.15) is 0 Å². The maximum atomic E-state index is 4.71. The monoisotopic (exact) mass is 258 g/mol. The molecule has 1 aromatic rings. The Kier molecular flexibility index (Phi) is 5.00. The highest BCUT2D eigenvalue weighted by Gasteiger charge is 2.14. The van der Waals surface area contributed by atoms with Crippen LogP contribution in [0.25, 0.3) is 0 Å². The van der Waals surface area contributed by atoms with Gasteiger partial charge >= 0.3 is 0 Å². The minimum absolute atomic E-state index is 0.784. The van der Waals surface area contributed by atoms with Gasteiger partial charge in [0.15, 0.2) is 0 Å². The summed E-state index contributed by atoms with van der Waals surface area (Å²) in [6, 6.07) is 8.89. The number of benzene rings is 1. The van der Waals surface area contributed by atoms with Crippen molar-refractivity contribution in [2.24, 2.45) is 4.99 Å². The van der Waals surface area contributed by atoms with E-state index in [-0.39, 0.29) is 0 Å². The Balaban J connectivity index is 2.09. The van der Waals surface area contributed by atoms with E-state index in [9.17, 15) is 0 Å². The molecule has 2 nitrogen and oxygen atoms in total. The fourth-order valence-corrected chi connectivity index (χ4v) is 2.90. The van der Waals surface area contributed by atoms with Gasteiger partial charge in [0.1, 0.15) is 5.84 Å². The highest BCUT2D eigenvalue weighted by atomic mass is 15.1. The largest absolute Gasteiger partial charge is 0.366 e. The molecule has 0 spiro atoms. The predicted molar refractivity (Wildman–Crippen MR) is 83.3 cm³/mol. The Labute approximate surface area is 117 Å². The number of hydrogen-bond donors (Lipinski definition) is 0. The molecule has 19 heavy (non-hydrogen) atoms. The van der Waals surface area contributed by atoms with Crippen molar-refractivity contribution < 1.29 is 0 Å². The minimum atomic E-state index is 0.784. The predicted octanol–water partition coefficient (Wildman–Crippen LogP) is 4.74. The zero-order chi connectivity index (χ0) is 13.7. The van der Waals surface area contributed by atoms with Gasteiger partial charge in [-0.25, -0.2) is 4.99 Å². The van der Waals surface area contributed by atoms with Gasteiger partial charge in [-0.3, -0.25) is 0 Å². The lowest BCUT2D eigenvalue weighted by atomic mass is 9.84. The van der Waals surface area contributed by atoms with Crippen molar-refractivity contribution in [2.75, 3.05) is 14.1 Å². The first-order chi connectivity index (χ1) is 9.20. The van der Waals surface area contributed by atoms with Gasteiger partial charge in [0.25, 0.3) is 0 Å². The lowest BCUT2D eigenvalue weighted by Crippen LogP contribution is -2.20. The Morgan fingerprint density at radius 3 is 2.26 bits per heavy atom. The molecule has 104 valence electrons. The maximum absolute atomic E-state index is 4.71. The van der Waals surface area contributed by atoms with E-state index in [4.69, 9.17) is 4.99 Å². The Morgan fingerprint density at radius 1 is 1.11 bits per heavy atom. The average Bonchev–Trinajstić information content (AvgIpc) is 2.46. The van der Waals surface area contributed by atoms with Crippen LogP contribution in [-0.4, -0.2) is 24.8 Å². The van der Waals surface area contributed by atoms with E-state index in [0.29, 0.717) is 0 Å². The zero-order valence-corrected chi connectivity index (χ0v) is 12.5. The summed E-state index contributed by atoms with van der Waals surface area (Å²) in [5.74, 6) is 1.91. The molecule has 0 radical (unpaired) electrons. The summed E-state index contributed by atoms with van der Waals surface area (Å²) in [4.78, 5) is 6.80. The van der Waals surface area contributed by atoms with Crippen LogP contribution in [0.2, 0.25) is 0 Å². The molecule has 0 aliphatic heterocycles. The maximum Gasteiger partial charge on any atom is 0.104 e. The molecule has 2 rings (SSSR count). The standard InChI is InChI=1S/C17H26N2/c1-4-17(19(2)3)18-16-12-10-15(11-13-16)14-8-6-5-7-9-14/h10-14H,4-9H2,1-3H3. The molecule has 0 bridgehead atoms. The van der Waals surface area contributed by atoms with Gasteiger partial charge in [0, 0.05) is 20.5 Å². The SMILES string of the molecule is CCC(=Nc1ccc(C2CCCCC2)cc1)N(C)C. The molecule has 0 N–H and O–H groups in total. The van der Waals surface area contributed by atoms with Crippen LogP contribution in [0.15, 0.2) is 29.3 Å². The molecular formula is C17H26N2. The van der Waals surface area contributed by atoms with Gasteiger partial charge in [0.05, 0.1) is 5.69 Å². The summed E-state index contributed by atoms with van der Waals surface area (Å²) >= 11 is 0. The molecule has 1 saturated carbocycles. The molecule has 1 aliphatic rings. The lowest BCUT2D eigenvalue weighted by Gasteiger charge is -2.22. The van der Waals surface area contributed by atoms with Gasteiger partial charge in [-0.15, -0.1) is 0 Å². The van der Waals surface area contributed by atoms with Crippen molar-refractivity contribution in [1.29, 1.82) is 0 Å². The lowest BCUT2D eigenvalue weighted by molar-refractivity contribution is 0.443. The normalized spacial score (nSPS) is 17.5. The smallest absolute Gasteiger partial charge is 0.104 e. The summed E-state index contributed by atoms with van der Waals surface area (Å²) in [7, 11) is 4.11. The van der Waals surface area contributed by atoms with Crippen molar-refractivity contribution >= 4 is 11.5 Å². The summed E-state index contributed by atoms with van der Waals surface area (Å²) < 4.78 is 0. The number of amidine groups is 1. The average molecular weight is 258 g/mol. The molecule has 0 unspecified atom stereocenters. The summed E-state index contributed by atoms with van der Waals surface area (Å²) in [5, 5.41) is 0. The van der Waals surface area contributed by atoms with E-state index in [0.717, 1.165) is 23.9 Å². The molecule has 0 heterocycles. The third-order valence-corrected chi connectivity index (χ3v) is 4.06. The van der Waals surface area contributed by atoms with Crippen LogP contribution in [0, 0.1) is 0 Å². The first-order valence-corrected chi connectivity index (χ1v) is 7.55. The second-order valence-corrected chi connectivity index (χ2v) is 5.70. The van der Waals surface area contributed by atoms with Crippen molar-refractivity contribution in [3.05, 3.63) is 29.8 Å². The molecule has 0 aromatic heterocycles. The van der Waals surface area contributed by atoms with Crippen LogP contribution in [0.4, 0.5) is 5.69 Å². The van der Waals surface area contributed by atoms with Crippen LogP contribution >= 0.6 is 0 Å². The number of rotatable bonds is 3. The van der Waals surface area contributed by atoms with Gasteiger partial charge in [-0.05, 0) is 36.5 Å². The van der Waals surface area contributed by atoms with Crippen molar-refractivity contribution in [3.63, 3.8) is 0 Å². The number of nitrogens with zero attached hydrogens (tertiary/aromatic N) is 2. The third kappa shape index (κ3) is 3.82. The van der Waals surface area contributed by atoms with E-state index in [1.807, 2.05) is 0 Å². The second-order valence-electron chi connectivity index (χ2n) is 5.70. The van der Waals surface area contributed by atoms with Crippen LogP contribution in [0.1, 0.15) is 56.9 Å². The van der Waals surface area contributed by atoms with E-state index >= 15 is 0 Å². The Morgan fingerprint density at radius 2 is 1.74 bits per heavy atom. The Bertz CT molecular complexity index is 411. The molecule has 1 aliphatic carbocycles. The Hall–Kier alpha value is -1.31. The molecule has 0 saturated heterocycles. The third-order valence-electron chi connectivity index (χ3n) is 4.06. The summed E-state index contributed by atoms with van der Waals surface area (Å²) in [6.07, 6.45) is 7.90. The van der Waals surface area contributed by atoms with E-state index in [1.165, 1.54) is 37.7 Å². The fraction of sp³-hybridized carbons (Fsp3) is 0.588. The second kappa shape index (κ2) is 6.74. The topological polar surface area (TPSA) is 15.6 Å². The molecule has 0 amide bonds. The highest BCUT2D eigenvalue weighted by Crippen LogP contribution is 2.33. The quantitative estimate of drug-likeness (QED) is 0.565. The van der Waals surface area contributed by atoms with Crippen molar-refractivity contribution in [3.8, 4) is 0 Å². The van der Waals surface area contributed by atoms with E-state index < -0.39 is 0 Å². The number of hydrogen-bond acceptors (Lipinski definition) is 1. The van der Waals surface area contributed by atoms with Crippen LogP contribution in [0.3, 0.4) is 0 Å². The van der Waals surface area contributed by atoms with Gasteiger partial charge in [-0.1, -0.05) is 38.3 Å². The zero-order valence-electron chi connectivity index (χ0n) is 12.5. The molecule has 1 aromatic carbocycles. The highest BCUT2D eigenvalue weighted by molar-refractivity contribution is 5.84. The molecule has 0 atom stereocenters. The first-order valence-electron chi connectivity index (χ1n) is 7.55. The van der Waals surface area contributed by atoms with Crippen LogP contribution in [-0.2, 0) is 0 Å². The molecule has 1 fully saturated rings. The molecular weight excluding hydrogens is 232 g/mol. The number of aliphatic imine (C=N–C) groups is 1.